The van der Waals surface area contributed by atoms with E-state index < -0.39 is 0 Å². The third kappa shape index (κ3) is 4.53. The molecule has 1 aromatic rings. The van der Waals surface area contributed by atoms with Gasteiger partial charge in [-0.1, -0.05) is 24.3 Å². The summed E-state index contributed by atoms with van der Waals surface area (Å²) >= 11 is 1.68. The lowest BCUT2D eigenvalue weighted by molar-refractivity contribution is 0.199. The van der Waals surface area contributed by atoms with Crippen LogP contribution in [-0.4, -0.2) is 24.0 Å². The first kappa shape index (κ1) is 14.9. The van der Waals surface area contributed by atoms with Crippen molar-refractivity contribution in [3.8, 4) is 0 Å². The fourth-order valence-electron chi connectivity index (χ4n) is 2.35. The summed E-state index contributed by atoms with van der Waals surface area (Å²) < 4.78 is 0. The Morgan fingerprint density at radius 1 is 1.55 bits per heavy atom. The maximum Gasteiger partial charge on any atom is 0.318 e. The molecule has 1 atom stereocenters. The number of carbonyl (C=O) groups is 1. The molecule has 1 N–H and O–H groups in total. The van der Waals surface area contributed by atoms with Crippen LogP contribution >= 0.6 is 11.3 Å². The van der Waals surface area contributed by atoms with Crippen LogP contribution in [0.5, 0.6) is 0 Å². The van der Waals surface area contributed by atoms with E-state index >= 15 is 0 Å². The highest BCUT2D eigenvalue weighted by molar-refractivity contribution is 7.09. The Morgan fingerprint density at radius 2 is 2.45 bits per heavy atom. The topological polar surface area (TPSA) is 32.3 Å². The van der Waals surface area contributed by atoms with Gasteiger partial charge in [-0.3, -0.25) is 0 Å². The molecule has 1 unspecified atom stereocenters. The Hall–Kier alpha value is -1.55. The summed E-state index contributed by atoms with van der Waals surface area (Å²) in [7, 11) is 0. The van der Waals surface area contributed by atoms with E-state index in [-0.39, 0.29) is 6.03 Å². The minimum Gasteiger partial charge on any atom is -0.338 e. The second-order valence-corrected chi connectivity index (χ2v) is 6.12. The van der Waals surface area contributed by atoms with Crippen LogP contribution in [0.1, 0.15) is 24.1 Å². The van der Waals surface area contributed by atoms with E-state index in [1.807, 2.05) is 11.4 Å². The molecule has 1 aromatic heterocycles. The Balaban J connectivity index is 1.82. The molecule has 0 saturated carbocycles. The molecular weight excluding hydrogens is 268 g/mol. The zero-order valence-electron chi connectivity index (χ0n) is 11.8. The van der Waals surface area contributed by atoms with E-state index in [9.17, 15) is 4.79 Å². The van der Waals surface area contributed by atoms with Crippen LogP contribution in [0, 0.1) is 5.92 Å². The molecular formula is C16H22N2OS. The van der Waals surface area contributed by atoms with Gasteiger partial charge in [0, 0.05) is 18.0 Å². The van der Waals surface area contributed by atoms with Crippen LogP contribution < -0.4 is 5.32 Å². The van der Waals surface area contributed by atoms with Gasteiger partial charge in [0.1, 0.15) is 0 Å². The Labute approximate surface area is 125 Å². The predicted octanol–water partition coefficient (Wildman–Crippen LogP) is 3.80. The minimum atomic E-state index is 0.00727. The summed E-state index contributed by atoms with van der Waals surface area (Å²) in [5.74, 6) is 0.580. The molecule has 0 bridgehead atoms. The van der Waals surface area contributed by atoms with E-state index in [1.54, 1.807) is 22.3 Å². The lowest BCUT2D eigenvalue weighted by Crippen LogP contribution is -2.41. The number of amides is 2. The van der Waals surface area contributed by atoms with Gasteiger partial charge in [0.15, 0.2) is 0 Å². The van der Waals surface area contributed by atoms with E-state index in [0.717, 1.165) is 19.4 Å². The van der Waals surface area contributed by atoms with Gasteiger partial charge < -0.3 is 10.2 Å². The van der Waals surface area contributed by atoms with Crippen LogP contribution in [0.25, 0.3) is 0 Å². The molecule has 3 nitrogen and oxygen atoms in total. The molecule has 2 rings (SSSR count). The number of allylic oxidation sites excluding steroid dienone is 2. The standard InChI is InChI=1S/C16H22N2OS/c1-2-10-18(13-15-9-6-11-20-15)16(19)17-12-14-7-4-3-5-8-14/h2-4,6,9,11,14H,1,5,7-8,10,12-13H2,(H,17,19). The first-order valence-electron chi connectivity index (χ1n) is 7.10. The smallest absolute Gasteiger partial charge is 0.318 e. The van der Waals surface area contributed by atoms with E-state index in [4.69, 9.17) is 0 Å². The molecule has 4 heteroatoms. The quantitative estimate of drug-likeness (QED) is 0.794. The molecule has 1 aliphatic rings. The van der Waals surface area contributed by atoms with Crippen molar-refractivity contribution >= 4 is 17.4 Å². The predicted molar refractivity (Wildman–Crippen MR) is 84.8 cm³/mol. The maximum absolute atomic E-state index is 12.3. The molecule has 20 heavy (non-hydrogen) atoms. The average molecular weight is 290 g/mol. The monoisotopic (exact) mass is 290 g/mol. The summed E-state index contributed by atoms with van der Waals surface area (Å²) in [6, 6.07) is 4.08. The number of urea groups is 1. The summed E-state index contributed by atoms with van der Waals surface area (Å²) in [5.41, 5.74) is 0. The van der Waals surface area contributed by atoms with Crippen molar-refractivity contribution in [3.05, 3.63) is 47.2 Å². The van der Waals surface area contributed by atoms with Gasteiger partial charge >= 0.3 is 6.03 Å². The molecule has 2 amide bonds. The zero-order chi connectivity index (χ0) is 14.2. The fourth-order valence-corrected chi connectivity index (χ4v) is 3.07. The van der Waals surface area contributed by atoms with Crippen molar-refractivity contribution in [2.24, 2.45) is 5.92 Å². The molecule has 0 aliphatic heterocycles. The SMILES string of the molecule is C=CCN(Cc1cccs1)C(=O)NCC1CC=CCC1. The third-order valence-electron chi connectivity index (χ3n) is 3.48. The second kappa shape index (κ2) is 7.90. The molecule has 0 aromatic carbocycles. The van der Waals surface area contributed by atoms with Crippen molar-refractivity contribution in [2.75, 3.05) is 13.1 Å². The number of nitrogens with zero attached hydrogens (tertiary/aromatic N) is 1. The highest BCUT2D eigenvalue weighted by Crippen LogP contribution is 2.17. The summed E-state index contributed by atoms with van der Waals surface area (Å²) in [5, 5.41) is 5.10. The number of nitrogens with one attached hydrogen (secondary N) is 1. The molecule has 1 heterocycles. The van der Waals surface area contributed by atoms with Crippen molar-refractivity contribution in [1.29, 1.82) is 0 Å². The summed E-state index contributed by atoms with van der Waals surface area (Å²) in [6.07, 6.45) is 9.59. The van der Waals surface area contributed by atoms with Crippen molar-refractivity contribution in [1.82, 2.24) is 10.2 Å². The van der Waals surface area contributed by atoms with Crippen LogP contribution in [-0.2, 0) is 6.54 Å². The van der Waals surface area contributed by atoms with E-state index in [0.29, 0.717) is 19.0 Å². The van der Waals surface area contributed by atoms with Crippen LogP contribution in [0.15, 0.2) is 42.3 Å². The molecule has 0 fully saturated rings. The average Bonchev–Trinajstić information content (AvgIpc) is 2.98. The van der Waals surface area contributed by atoms with E-state index in [2.05, 4.69) is 30.1 Å². The maximum atomic E-state index is 12.3. The van der Waals surface area contributed by atoms with Gasteiger partial charge in [-0.05, 0) is 36.6 Å². The van der Waals surface area contributed by atoms with Crippen LogP contribution in [0.2, 0.25) is 0 Å². The van der Waals surface area contributed by atoms with Gasteiger partial charge in [-0.25, -0.2) is 4.79 Å². The molecule has 0 spiro atoms. The first-order valence-corrected chi connectivity index (χ1v) is 7.98. The first-order chi connectivity index (χ1) is 9.79. The third-order valence-corrected chi connectivity index (χ3v) is 4.34. The van der Waals surface area contributed by atoms with Gasteiger partial charge in [0.25, 0.3) is 0 Å². The minimum absolute atomic E-state index is 0.00727. The highest BCUT2D eigenvalue weighted by Gasteiger charge is 2.15. The lowest BCUT2D eigenvalue weighted by Gasteiger charge is -2.24. The van der Waals surface area contributed by atoms with Gasteiger partial charge in [-0.15, -0.1) is 17.9 Å². The molecule has 0 saturated heterocycles. The summed E-state index contributed by atoms with van der Waals surface area (Å²) in [6.45, 7) is 5.73. The number of thiophene rings is 1. The lowest BCUT2D eigenvalue weighted by atomic mass is 9.94. The number of hydrogen-bond donors (Lipinski definition) is 1. The van der Waals surface area contributed by atoms with Crippen LogP contribution in [0.4, 0.5) is 4.79 Å². The second-order valence-electron chi connectivity index (χ2n) is 5.09. The summed E-state index contributed by atoms with van der Waals surface area (Å²) in [4.78, 5) is 15.3. The molecule has 0 radical (unpaired) electrons. The largest absolute Gasteiger partial charge is 0.338 e. The van der Waals surface area contributed by atoms with Crippen molar-refractivity contribution in [3.63, 3.8) is 0 Å². The fraction of sp³-hybridized carbons (Fsp3) is 0.438. The van der Waals surface area contributed by atoms with E-state index in [1.165, 1.54) is 11.3 Å². The van der Waals surface area contributed by atoms with Gasteiger partial charge in [-0.2, -0.15) is 0 Å². The molecule has 1 aliphatic carbocycles. The number of rotatable bonds is 6. The van der Waals surface area contributed by atoms with Crippen molar-refractivity contribution in [2.45, 2.75) is 25.8 Å². The Bertz CT molecular complexity index is 453. The molecule has 108 valence electrons. The van der Waals surface area contributed by atoms with Crippen molar-refractivity contribution < 1.29 is 4.79 Å². The number of hydrogen-bond acceptors (Lipinski definition) is 2. The normalized spacial score (nSPS) is 17.7. The highest BCUT2D eigenvalue weighted by atomic mass is 32.1. The Morgan fingerprint density at radius 3 is 3.10 bits per heavy atom. The van der Waals surface area contributed by atoms with Gasteiger partial charge in [0.2, 0.25) is 0 Å². The van der Waals surface area contributed by atoms with Crippen LogP contribution in [0.3, 0.4) is 0 Å². The Kier molecular flexibility index (Phi) is 5.87. The zero-order valence-corrected chi connectivity index (χ0v) is 12.6. The van der Waals surface area contributed by atoms with Gasteiger partial charge in [0.05, 0.1) is 6.54 Å². The number of carbonyl (C=O) groups excluding carboxylic acids is 1.